The first kappa shape index (κ1) is 30.9. The third kappa shape index (κ3) is 4.48. The standard InChI is InChI=1S/C33H52O11/c1-17-7-9-24-19(3)26(37-28-32(24)22(17)11-13-30(5,39-28)41-43-32)35-15-21(34)16-36-27-20(4)25-10-8-18(2)23-12-14-31(6)40-29(38-27)33(23,25)44-42-31/h17-29,34H,7-16H2,1-6H3/t17-,18-,19-,20-,22+,23+,24+,25+,26+,27+,28-,29-,30+,31+,32-,33-/m1/s1. The summed E-state index contributed by atoms with van der Waals surface area (Å²) in [6.07, 6.45) is 4.63. The Hall–Kier alpha value is -0.440. The zero-order valence-electron chi connectivity index (χ0n) is 27.1. The second kappa shape index (κ2) is 10.8. The Labute approximate surface area is 260 Å². The summed E-state index contributed by atoms with van der Waals surface area (Å²) in [4.78, 5) is 24.3. The molecule has 0 aromatic carbocycles. The molecule has 8 aliphatic heterocycles. The van der Waals surface area contributed by atoms with E-state index in [4.69, 9.17) is 48.0 Å². The fourth-order valence-corrected chi connectivity index (χ4v) is 10.6. The van der Waals surface area contributed by atoms with Crippen molar-refractivity contribution in [3.8, 4) is 0 Å². The number of ether oxygens (including phenoxy) is 6. The molecule has 44 heavy (non-hydrogen) atoms. The lowest BCUT2D eigenvalue weighted by molar-refractivity contribution is -0.578. The van der Waals surface area contributed by atoms with Gasteiger partial charge in [0, 0.05) is 36.5 Å². The van der Waals surface area contributed by atoms with Gasteiger partial charge in [0.15, 0.2) is 36.4 Å². The van der Waals surface area contributed by atoms with Crippen molar-refractivity contribution in [1.29, 1.82) is 0 Å². The molecule has 8 heterocycles. The number of aliphatic hydroxyl groups excluding tert-OH is 1. The minimum atomic E-state index is -0.862. The van der Waals surface area contributed by atoms with Gasteiger partial charge in [-0.1, -0.05) is 27.7 Å². The number of hydrogen-bond donors (Lipinski definition) is 1. The highest BCUT2D eigenvalue weighted by molar-refractivity contribution is 5.10. The third-order valence-corrected chi connectivity index (χ3v) is 13.1. The molecule has 0 aromatic rings. The van der Waals surface area contributed by atoms with Gasteiger partial charge in [-0.2, -0.15) is 0 Å². The van der Waals surface area contributed by atoms with Gasteiger partial charge in [0.25, 0.3) is 0 Å². The van der Waals surface area contributed by atoms with Gasteiger partial charge < -0.3 is 33.5 Å². The number of rotatable bonds is 6. The normalized spacial score (nSPS) is 58.4. The van der Waals surface area contributed by atoms with Crippen LogP contribution in [0, 0.1) is 47.3 Å². The van der Waals surface area contributed by atoms with Crippen LogP contribution in [-0.2, 0) is 48.0 Å². The highest BCUT2D eigenvalue weighted by atomic mass is 17.3. The zero-order chi connectivity index (χ0) is 30.6. The van der Waals surface area contributed by atoms with Gasteiger partial charge in [-0.3, -0.25) is 0 Å². The van der Waals surface area contributed by atoms with E-state index in [-0.39, 0.29) is 36.9 Å². The minimum Gasteiger partial charge on any atom is -0.388 e. The van der Waals surface area contributed by atoms with Gasteiger partial charge in [-0.05, 0) is 76.0 Å². The van der Waals surface area contributed by atoms with Crippen LogP contribution in [0.15, 0.2) is 0 Å². The van der Waals surface area contributed by atoms with Crippen LogP contribution < -0.4 is 0 Å². The smallest absolute Gasteiger partial charge is 0.201 e. The first-order valence-corrected chi connectivity index (χ1v) is 17.3. The monoisotopic (exact) mass is 624 g/mol. The van der Waals surface area contributed by atoms with Gasteiger partial charge in [0.05, 0.1) is 13.2 Å². The summed E-state index contributed by atoms with van der Waals surface area (Å²) in [6, 6.07) is 0. The Morgan fingerprint density at radius 1 is 0.614 bits per heavy atom. The second-order valence-corrected chi connectivity index (χ2v) is 15.9. The molecule has 2 aliphatic carbocycles. The van der Waals surface area contributed by atoms with E-state index in [9.17, 15) is 5.11 Å². The molecule has 0 aromatic heterocycles. The Morgan fingerprint density at radius 2 is 1.05 bits per heavy atom. The molecule has 0 radical (unpaired) electrons. The Morgan fingerprint density at radius 3 is 1.48 bits per heavy atom. The van der Waals surface area contributed by atoms with Crippen molar-refractivity contribution in [3.63, 3.8) is 0 Å². The average molecular weight is 625 g/mol. The van der Waals surface area contributed by atoms with Gasteiger partial charge in [0.2, 0.25) is 11.6 Å². The van der Waals surface area contributed by atoms with E-state index in [2.05, 4.69) is 27.7 Å². The van der Waals surface area contributed by atoms with Crippen LogP contribution in [0.4, 0.5) is 0 Å². The lowest BCUT2D eigenvalue weighted by Crippen LogP contribution is -2.70. The molecular formula is C33H52O11. The van der Waals surface area contributed by atoms with Gasteiger partial charge in [-0.25, -0.2) is 19.6 Å². The molecule has 2 spiro atoms. The maximum Gasteiger partial charge on any atom is 0.201 e. The second-order valence-electron chi connectivity index (χ2n) is 15.9. The van der Waals surface area contributed by atoms with Gasteiger partial charge in [0.1, 0.15) is 6.10 Å². The molecule has 10 aliphatic rings. The molecule has 1 N–H and O–H groups in total. The van der Waals surface area contributed by atoms with Crippen LogP contribution in [-0.4, -0.2) is 72.4 Å². The Bertz CT molecular complexity index is 1010. The lowest BCUT2D eigenvalue weighted by Gasteiger charge is -2.60. The van der Waals surface area contributed by atoms with Crippen molar-refractivity contribution in [2.75, 3.05) is 13.2 Å². The van der Waals surface area contributed by atoms with Crippen LogP contribution in [0.25, 0.3) is 0 Å². The molecule has 250 valence electrons. The third-order valence-electron chi connectivity index (χ3n) is 13.1. The molecule has 11 nitrogen and oxygen atoms in total. The molecule has 0 amide bonds. The van der Waals surface area contributed by atoms with Crippen LogP contribution >= 0.6 is 0 Å². The van der Waals surface area contributed by atoms with Crippen LogP contribution in [0.1, 0.15) is 92.9 Å². The van der Waals surface area contributed by atoms with Crippen molar-refractivity contribution in [1.82, 2.24) is 0 Å². The Kier molecular flexibility index (Phi) is 7.57. The summed E-state index contributed by atoms with van der Waals surface area (Å²) in [5.74, 6) is 0.314. The maximum atomic E-state index is 11.0. The van der Waals surface area contributed by atoms with Crippen molar-refractivity contribution >= 4 is 0 Å². The summed E-state index contributed by atoms with van der Waals surface area (Å²) in [6.45, 7) is 12.9. The molecular weight excluding hydrogens is 572 g/mol. The van der Waals surface area contributed by atoms with Gasteiger partial charge >= 0.3 is 0 Å². The predicted octanol–water partition coefficient (Wildman–Crippen LogP) is 4.80. The molecule has 2 saturated carbocycles. The van der Waals surface area contributed by atoms with Crippen LogP contribution in [0.5, 0.6) is 0 Å². The number of aliphatic hydroxyl groups is 1. The van der Waals surface area contributed by atoms with E-state index in [1.54, 1.807) is 0 Å². The predicted molar refractivity (Wildman–Crippen MR) is 152 cm³/mol. The quantitative estimate of drug-likeness (QED) is 0.412. The molecule has 11 heteroatoms. The maximum absolute atomic E-state index is 11.0. The average Bonchev–Trinajstić information content (AvgIpc) is 3.37. The van der Waals surface area contributed by atoms with Crippen molar-refractivity contribution < 1.29 is 53.1 Å². The first-order valence-electron chi connectivity index (χ1n) is 17.3. The summed E-state index contributed by atoms with van der Waals surface area (Å²) >= 11 is 0. The number of hydrogen-bond acceptors (Lipinski definition) is 11. The first-order chi connectivity index (χ1) is 21.0. The number of fused-ring (bicyclic) bond motifs is 4. The fourth-order valence-electron chi connectivity index (χ4n) is 10.6. The molecule has 4 bridgehead atoms. The molecule has 10 rings (SSSR count). The summed E-state index contributed by atoms with van der Waals surface area (Å²) < 4.78 is 38.4. The van der Waals surface area contributed by atoms with E-state index in [1.807, 2.05) is 13.8 Å². The van der Waals surface area contributed by atoms with E-state index < -0.39 is 54.0 Å². The molecule has 16 atom stereocenters. The van der Waals surface area contributed by atoms with Crippen molar-refractivity contribution in [3.05, 3.63) is 0 Å². The van der Waals surface area contributed by atoms with Crippen molar-refractivity contribution in [2.24, 2.45) is 47.3 Å². The molecule has 10 fully saturated rings. The highest BCUT2D eigenvalue weighted by Crippen LogP contribution is 2.62. The topological polar surface area (TPSA) is 113 Å². The minimum absolute atomic E-state index is 0.0370. The molecule has 0 unspecified atom stereocenters. The Balaban J connectivity index is 0.915. The fraction of sp³-hybridized carbons (Fsp3) is 1.00. The van der Waals surface area contributed by atoms with Crippen LogP contribution in [0.3, 0.4) is 0 Å². The van der Waals surface area contributed by atoms with E-state index in [0.717, 1.165) is 51.4 Å². The summed E-state index contributed by atoms with van der Waals surface area (Å²) in [5.41, 5.74) is -1.27. The highest BCUT2D eigenvalue weighted by Gasteiger charge is 2.71. The lowest BCUT2D eigenvalue weighted by atomic mass is 9.58. The summed E-state index contributed by atoms with van der Waals surface area (Å²) in [7, 11) is 0. The largest absolute Gasteiger partial charge is 0.388 e. The molecule has 8 saturated heterocycles. The van der Waals surface area contributed by atoms with Crippen LogP contribution in [0.2, 0.25) is 0 Å². The SMILES string of the molecule is C[C@H]1[C@@H](OCC(O)CO[C@H]2O[C@@H]3O[C@]4(C)CC[C@H]5[C@H](C)CC[C@@H]([C@H]2C)[C@@]35OO4)O[C@@H]2O[C@]3(C)CC[C@H]4[C@H](C)CC[C@@H]1[C@@]24OO3. The summed E-state index contributed by atoms with van der Waals surface area (Å²) in [5, 5.41) is 11.0. The van der Waals surface area contributed by atoms with E-state index in [1.165, 1.54) is 0 Å². The zero-order valence-corrected chi connectivity index (χ0v) is 27.1. The van der Waals surface area contributed by atoms with Gasteiger partial charge in [-0.15, -0.1) is 0 Å². The van der Waals surface area contributed by atoms with E-state index >= 15 is 0 Å². The van der Waals surface area contributed by atoms with Crippen molar-refractivity contribution in [2.45, 2.75) is 147 Å². The van der Waals surface area contributed by atoms with E-state index in [0.29, 0.717) is 23.7 Å².